The van der Waals surface area contributed by atoms with Crippen molar-refractivity contribution in [1.82, 2.24) is 0 Å². The SMILES string of the molecule is COC(=O)c1ccc(N2CC2)cc1. The lowest BCUT2D eigenvalue weighted by Gasteiger charge is -2.03. The van der Waals surface area contributed by atoms with Crippen LogP contribution in [0.4, 0.5) is 5.69 Å². The zero-order valence-electron chi connectivity index (χ0n) is 7.49. The summed E-state index contributed by atoms with van der Waals surface area (Å²) in [5.74, 6) is -0.280. The summed E-state index contributed by atoms with van der Waals surface area (Å²) < 4.78 is 4.60. The van der Waals surface area contributed by atoms with E-state index in [4.69, 9.17) is 0 Å². The van der Waals surface area contributed by atoms with Gasteiger partial charge in [0, 0.05) is 18.8 Å². The molecule has 0 aromatic heterocycles. The Bertz CT molecular complexity index is 314. The number of ether oxygens (including phenoxy) is 1. The molecule has 0 spiro atoms. The molecular formula is C10H11NO2. The number of hydrogen-bond donors (Lipinski definition) is 0. The molecule has 1 aromatic rings. The Morgan fingerprint density at radius 3 is 2.38 bits per heavy atom. The second kappa shape index (κ2) is 3.09. The molecule has 1 aliphatic heterocycles. The van der Waals surface area contributed by atoms with E-state index in [9.17, 15) is 4.79 Å². The van der Waals surface area contributed by atoms with Crippen molar-refractivity contribution in [2.45, 2.75) is 0 Å². The summed E-state index contributed by atoms with van der Waals surface area (Å²) in [6.07, 6.45) is 0. The van der Waals surface area contributed by atoms with E-state index in [1.165, 1.54) is 12.8 Å². The molecule has 0 saturated carbocycles. The minimum Gasteiger partial charge on any atom is -0.465 e. The summed E-state index contributed by atoms with van der Waals surface area (Å²) in [5.41, 5.74) is 1.78. The zero-order valence-corrected chi connectivity index (χ0v) is 7.49. The van der Waals surface area contributed by atoms with Crippen molar-refractivity contribution in [1.29, 1.82) is 0 Å². The van der Waals surface area contributed by atoms with Gasteiger partial charge in [0.2, 0.25) is 0 Å². The third kappa shape index (κ3) is 1.64. The predicted octanol–water partition coefficient (Wildman–Crippen LogP) is 1.29. The average molecular weight is 177 g/mol. The summed E-state index contributed by atoms with van der Waals surface area (Å²) in [6, 6.07) is 7.47. The number of rotatable bonds is 2. The van der Waals surface area contributed by atoms with Crippen LogP contribution >= 0.6 is 0 Å². The predicted molar refractivity (Wildman–Crippen MR) is 50.0 cm³/mol. The molecular weight excluding hydrogens is 166 g/mol. The number of nitrogens with zero attached hydrogens (tertiary/aromatic N) is 1. The van der Waals surface area contributed by atoms with Crippen molar-refractivity contribution in [3.05, 3.63) is 29.8 Å². The van der Waals surface area contributed by atoms with Crippen LogP contribution in [0.3, 0.4) is 0 Å². The molecule has 0 radical (unpaired) electrons. The van der Waals surface area contributed by atoms with Crippen LogP contribution in [-0.2, 0) is 4.74 Å². The first-order valence-corrected chi connectivity index (χ1v) is 4.24. The van der Waals surface area contributed by atoms with Crippen LogP contribution < -0.4 is 4.90 Å². The first-order chi connectivity index (χ1) is 6.31. The Morgan fingerprint density at radius 1 is 1.31 bits per heavy atom. The van der Waals surface area contributed by atoms with Crippen molar-refractivity contribution in [2.24, 2.45) is 0 Å². The van der Waals surface area contributed by atoms with Gasteiger partial charge in [-0.25, -0.2) is 4.79 Å². The van der Waals surface area contributed by atoms with Crippen LogP contribution in [0.5, 0.6) is 0 Å². The van der Waals surface area contributed by atoms with Gasteiger partial charge < -0.3 is 9.64 Å². The van der Waals surface area contributed by atoms with E-state index in [1.807, 2.05) is 12.1 Å². The molecule has 68 valence electrons. The van der Waals surface area contributed by atoms with E-state index >= 15 is 0 Å². The van der Waals surface area contributed by atoms with Gasteiger partial charge in [-0.3, -0.25) is 0 Å². The van der Waals surface area contributed by atoms with Crippen molar-refractivity contribution >= 4 is 11.7 Å². The third-order valence-corrected chi connectivity index (χ3v) is 2.10. The zero-order chi connectivity index (χ0) is 9.26. The summed E-state index contributed by atoms with van der Waals surface area (Å²) >= 11 is 0. The molecule has 1 heterocycles. The van der Waals surface area contributed by atoms with Gasteiger partial charge in [-0.1, -0.05) is 0 Å². The second-order valence-corrected chi connectivity index (χ2v) is 3.03. The number of carbonyl (C=O) groups excluding carboxylic acids is 1. The third-order valence-electron chi connectivity index (χ3n) is 2.10. The van der Waals surface area contributed by atoms with E-state index < -0.39 is 0 Å². The maximum Gasteiger partial charge on any atom is 0.337 e. The Hall–Kier alpha value is -1.51. The molecule has 2 rings (SSSR count). The number of esters is 1. The van der Waals surface area contributed by atoms with Gasteiger partial charge in [0.1, 0.15) is 0 Å². The number of methoxy groups -OCH3 is 1. The topological polar surface area (TPSA) is 29.3 Å². The van der Waals surface area contributed by atoms with E-state index in [0.717, 1.165) is 13.1 Å². The molecule has 13 heavy (non-hydrogen) atoms. The Balaban J connectivity index is 2.17. The monoisotopic (exact) mass is 177 g/mol. The van der Waals surface area contributed by atoms with Crippen LogP contribution in [0, 0.1) is 0 Å². The maximum atomic E-state index is 11.1. The normalized spacial score (nSPS) is 14.1. The molecule has 0 N–H and O–H groups in total. The van der Waals surface area contributed by atoms with Crippen molar-refractivity contribution in [3.63, 3.8) is 0 Å². The van der Waals surface area contributed by atoms with Gasteiger partial charge in [0.05, 0.1) is 12.7 Å². The summed E-state index contributed by atoms with van der Waals surface area (Å²) in [4.78, 5) is 13.3. The lowest BCUT2D eigenvalue weighted by atomic mass is 10.2. The smallest absolute Gasteiger partial charge is 0.337 e. The van der Waals surface area contributed by atoms with Gasteiger partial charge in [0.25, 0.3) is 0 Å². The van der Waals surface area contributed by atoms with Gasteiger partial charge in [-0.15, -0.1) is 0 Å². The molecule has 0 bridgehead atoms. The highest BCUT2D eigenvalue weighted by Crippen LogP contribution is 2.21. The van der Waals surface area contributed by atoms with Crippen LogP contribution in [0.1, 0.15) is 10.4 Å². The summed E-state index contributed by atoms with van der Waals surface area (Å²) in [7, 11) is 1.39. The highest BCUT2D eigenvalue weighted by atomic mass is 16.5. The molecule has 3 nitrogen and oxygen atoms in total. The quantitative estimate of drug-likeness (QED) is 0.503. The maximum absolute atomic E-state index is 11.1. The van der Waals surface area contributed by atoms with Crippen LogP contribution in [0.25, 0.3) is 0 Å². The average Bonchev–Trinajstić information content (AvgIpc) is 3.00. The van der Waals surface area contributed by atoms with Crippen molar-refractivity contribution in [2.75, 3.05) is 25.1 Å². The first-order valence-electron chi connectivity index (χ1n) is 4.24. The van der Waals surface area contributed by atoms with E-state index in [-0.39, 0.29) is 5.97 Å². The van der Waals surface area contributed by atoms with Crippen LogP contribution in [0.2, 0.25) is 0 Å². The number of benzene rings is 1. The van der Waals surface area contributed by atoms with Gasteiger partial charge in [-0.2, -0.15) is 0 Å². The fourth-order valence-corrected chi connectivity index (χ4v) is 1.23. The second-order valence-electron chi connectivity index (χ2n) is 3.03. The highest BCUT2D eigenvalue weighted by Gasteiger charge is 2.17. The van der Waals surface area contributed by atoms with Gasteiger partial charge in [0.15, 0.2) is 0 Å². The lowest BCUT2D eigenvalue weighted by molar-refractivity contribution is 0.0601. The summed E-state index contributed by atoms with van der Waals surface area (Å²) in [5, 5.41) is 0. The number of anilines is 1. The van der Waals surface area contributed by atoms with Gasteiger partial charge >= 0.3 is 5.97 Å². The molecule has 1 aliphatic rings. The fourth-order valence-electron chi connectivity index (χ4n) is 1.23. The Kier molecular flexibility index (Phi) is 1.93. The Labute approximate surface area is 76.9 Å². The molecule has 1 saturated heterocycles. The van der Waals surface area contributed by atoms with Crippen molar-refractivity contribution in [3.8, 4) is 0 Å². The minimum absolute atomic E-state index is 0.280. The molecule has 1 fully saturated rings. The molecule has 1 aromatic carbocycles. The number of hydrogen-bond acceptors (Lipinski definition) is 3. The number of carbonyl (C=O) groups is 1. The fraction of sp³-hybridized carbons (Fsp3) is 0.300. The Morgan fingerprint density at radius 2 is 1.92 bits per heavy atom. The lowest BCUT2D eigenvalue weighted by Crippen LogP contribution is -2.01. The van der Waals surface area contributed by atoms with Gasteiger partial charge in [-0.05, 0) is 24.3 Å². The summed E-state index contributed by atoms with van der Waals surface area (Å²) in [6.45, 7) is 2.25. The van der Waals surface area contributed by atoms with Crippen LogP contribution in [-0.4, -0.2) is 26.2 Å². The van der Waals surface area contributed by atoms with Crippen molar-refractivity contribution < 1.29 is 9.53 Å². The van der Waals surface area contributed by atoms with E-state index in [2.05, 4.69) is 9.64 Å². The molecule has 0 atom stereocenters. The first kappa shape index (κ1) is 8.10. The van der Waals surface area contributed by atoms with E-state index in [1.54, 1.807) is 12.1 Å². The highest BCUT2D eigenvalue weighted by molar-refractivity contribution is 5.89. The minimum atomic E-state index is -0.280. The van der Waals surface area contributed by atoms with E-state index in [0.29, 0.717) is 5.56 Å². The largest absolute Gasteiger partial charge is 0.465 e. The molecule has 0 amide bonds. The molecule has 3 heteroatoms. The molecule has 0 unspecified atom stereocenters. The standard InChI is InChI=1S/C10H11NO2/c1-13-10(12)8-2-4-9(5-3-8)11-6-7-11/h2-5H,6-7H2,1H3. The van der Waals surface area contributed by atoms with Crippen LogP contribution in [0.15, 0.2) is 24.3 Å². The molecule has 0 aliphatic carbocycles.